The van der Waals surface area contributed by atoms with Crippen molar-refractivity contribution in [3.05, 3.63) is 98.9 Å². The Morgan fingerprint density at radius 3 is 2.43 bits per heavy atom. The topological polar surface area (TPSA) is 94.3 Å². The number of carbonyl (C=O) groups excluding carboxylic acids is 1. The van der Waals surface area contributed by atoms with Crippen LogP contribution in [0.25, 0.3) is 6.08 Å². The van der Waals surface area contributed by atoms with Gasteiger partial charge in [-0.05, 0) is 72.3 Å². The van der Waals surface area contributed by atoms with E-state index in [1.54, 1.807) is 36.3 Å². The lowest BCUT2D eigenvalue weighted by Crippen LogP contribution is -2.28. The third-order valence-electron chi connectivity index (χ3n) is 5.21. The fraction of sp³-hybridized carbons (Fsp3) is 0.154. The van der Waals surface area contributed by atoms with Crippen LogP contribution in [0, 0.1) is 10.1 Å². The Morgan fingerprint density at radius 1 is 1.06 bits per heavy atom. The maximum atomic E-state index is 12.9. The number of ether oxygens (including phenoxy) is 2. The average Bonchev–Trinajstić information content (AvgIpc) is 3.17. The first-order valence-corrected chi connectivity index (χ1v) is 11.7. The summed E-state index contributed by atoms with van der Waals surface area (Å²) >= 11 is 1.34. The van der Waals surface area contributed by atoms with E-state index in [1.807, 2.05) is 49.4 Å². The number of amides is 1. The number of thioether (sulfide) groups is 1. The second kappa shape index (κ2) is 10.9. The molecular weight excluding hydrogens is 466 g/mol. The number of nitro benzene ring substituents is 1. The lowest BCUT2D eigenvalue weighted by atomic mass is 10.2. The van der Waals surface area contributed by atoms with Crippen molar-refractivity contribution in [3.63, 3.8) is 0 Å². The number of amidine groups is 1. The molecular formula is C26H23N3O5S. The van der Waals surface area contributed by atoms with Gasteiger partial charge >= 0.3 is 0 Å². The number of carbonyl (C=O) groups is 1. The number of non-ortho nitro benzene ring substituents is 1. The molecule has 8 nitrogen and oxygen atoms in total. The first-order chi connectivity index (χ1) is 17.0. The molecule has 0 N–H and O–H groups in total. The van der Waals surface area contributed by atoms with Gasteiger partial charge in [0.15, 0.2) is 5.17 Å². The maximum Gasteiger partial charge on any atom is 0.269 e. The monoisotopic (exact) mass is 489 g/mol. The second-order valence-corrected chi connectivity index (χ2v) is 8.55. The van der Waals surface area contributed by atoms with Gasteiger partial charge < -0.3 is 9.47 Å². The highest BCUT2D eigenvalue weighted by Gasteiger charge is 2.32. The molecule has 178 valence electrons. The van der Waals surface area contributed by atoms with E-state index >= 15 is 0 Å². The van der Waals surface area contributed by atoms with Gasteiger partial charge in [0.05, 0.1) is 22.6 Å². The van der Waals surface area contributed by atoms with Crippen molar-refractivity contribution in [2.45, 2.75) is 13.5 Å². The molecule has 1 saturated heterocycles. The van der Waals surface area contributed by atoms with E-state index in [0.29, 0.717) is 27.9 Å². The van der Waals surface area contributed by atoms with E-state index in [0.717, 1.165) is 17.0 Å². The largest absolute Gasteiger partial charge is 0.497 e. The summed E-state index contributed by atoms with van der Waals surface area (Å²) in [5.74, 6) is 1.28. The minimum atomic E-state index is -0.430. The van der Waals surface area contributed by atoms with Crippen LogP contribution >= 0.6 is 11.8 Å². The van der Waals surface area contributed by atoms with Crippen molar-refractivity contribution in [2.24, 2.45) is 4.99 Å². The second-order valence-electron chi connectivity index (χ2n) is 7.54. The van der Waals surface area contributed by atoms with Gasteiger partial charge in [0.2, 0.25) is 0 Å². The highest BCUT2D eigenvalue weighted by molar-refractivity contribution is 8.18. The molecule has 1 heterocycles. The quantitative estimate of drug-likeness (QED) is 0.225. The summed E-state index contributed by atoms with van der Waals surface area (Å²) in [5, 5.41) is 11.6. The molecule has 0 aliphatic carbocycles. The molecule has 1 aliphatic rings. The smallest absolute Gasteiger partial charge is 0.269 e. The molecule has 3 aromatic carbocycles. The highest BCUT2D eigenvalue weighted by Crippen LogP contribution is 2.34. The Bertz CT molecular complexity index is 1290. The van der Waals surface area contributed by atoms with E-state index in [4.69, 9.17) is 9.47 Å². The number of methoxy groups -OCH3 is 1. The van der Waals surface area contributed by atoms with Crippen LogP contribution in [0.1, 0.15) is 18.1 Å². The fourth-order valence-electron chi connectivity index (χ4n) is 3.38. The summed E-state index contributed by atoms with van der Waals surface area (Å²) in [5.41, 5.74) is 2.33. The Kier molecular flexibility index (Phi) is 7.47. The molecule has 1 fully saturated rings. The number of hydrogen-bond donors (Lipinski definition) is 0. The number of hydrogen-bond acceptors (Lipinski definition) is 7. The van der Waals surface area contributed by atoms with Crippen LogP contribution in [0.5, 0.6) is 11.5 Å². The van der Waals surface area contributed by atoms with E-state index < -0.39 is 4.92 Å². The van der Waals surface area contributed by atoms with Crippen molar-refractivity contribution in [3.8, 4) is 11.5 Å². The lowest BCUT2D eigenvalue weighted by Gasteiger charge is -2.12. The average molecular weight is 490 g/mol. The van der Waals surface area contributed by atoms with Crippen LogP contribution in [0.4, 0.5) is 11.4 Å². The van der Waals surface area contributed by atoms with E-state index in [-0.39, 0.29) is 18.2 Å². The molecule has 0 radical (unpaired) electrons. The Balaban J connectivity index is 1.45. The summed E-state index contributed by atoms with van der Waals surface area (Å²) in [6.07, 6.45) is 1.83. The van der Waals surface area contributed by atoms with Crippen molar-refractivity contribution < 1.29 is 19.2 Å². The van der Waals surface area contributed by atoms with E-state index in [2.05, 4.69) is 4.99 Å². The van der Waals surface area contributed by atoms with Gasteiger partial charge in [0.25, 0.3) is 11.6 Å². The molecule has 0 aromatic heterocycles. The number of nitro groups is 1. The van der Waals surface area contributed by atoms with Crippen molar-refractivity contribution in [1.29, 1.82) is 0 Å². The molecule has 0 unspecified atom stereocenters. The number of benzene rings is 3. The summed E-state index contributed by atoms with van der Waals surface area (Å²) < 4.78 is 10.9. The lowest BCUT2D eigenvalue weighted by molar-refractivity contribution is -0.384. The number of nitrogens with zero attached hydrogens (tertiary/aromatic N) is 3. The van der Waals surface area contributed by atoms with Gasteiger partial charge in [0, 0.05) is 18.7 Å². The van der Waals surface area contributed by atoms with Crippen LogP contribution in [-0.2, 0) is 11.4 Å². The van der Waals surface area contributed by atoms with Crippen LogP contribution in [0.2, 0.25) is 0 Å². The van der Waals surface area contributed by atoms with Crippen LogP contribution in [-0.4, -0.2) is 34.6 Å². The minimum absolute atomic E-state index is 0.0304. The Labute approximate surface area is 207 Å². The molecule has 0 spiro atoms. The van der Waals surface area contributed by atoms with Crippen LogP contribution in [0.3, 0.4) is 0 Å². The van der Waals surface area contributed by atoms with Gasteiger partial charge in [-0.1, -0.05) is 24.3 Å². The summed E-state index contributed by atoms with van der Waals surface area (Å²) in [6.45, 7) is 2.65. The van der Waals surface area contributed by atoms with Crippen LogP contribution < -0.4 is 9.47 Å². The maximum absolute atomic E-state index is 12.9. The van der Waals surface area contributed by atoms with Gasteiger partial charge in [-0.15, -0.1) is 0 Å². The van der Waals surface area contributed by atoms with E-state index in [1.165, 1.54) is 23.9 Å². The fourth-order valence-corrected chi connectivity index (χ4v) is 4.44. The Hall–Kier alpha value is -4.11. The first-order valence-electron chi connectivity index (χ1n) is 10.9. The number of aliphatic imine (C=N–C) groups is 1. The predicted molar refractivity (Wildman–Crippen MR) is 137 cm³/mol. The summed E-state index contributed by atoms with van der Waals surface area (Å²) in [7, 11) is 1.61. The normalized spacial score (nSPS) is 15.6. The van der Waals surface area contributed by atoms with Crippen LogP contribution in [0.15, 0.2) is 82.7 Å². The summed E-state index contributed by atoms with van der Waals surface area (Å²) in [4.78, 5) is 30.3. The van der Waals surface area contributed by atoms with Gasteiger partial charge in [-0.2, -0.15) is 0 Å². The van der Waals surface area contributed by atoms with E-state index in [9.17, 15) is 14.9 Å². The predicted octanol–water partition coefficient (Wildman–Crippen LogP) is 5.81. The molecule has 0 bridgehead atoms. The molecule has 35 heavy (non-hydrogen) atoms. The molecule has 9 heteroatoms. The van der Waals surface area contributed by atoms with Crippen molar-refractivity contribution >= 4 is 40.3 Å². The zero-order valence-electron chi connectivity index (χ0n) is 19.2. The van der Waals surface area contributed by atoms with Crippen molar-refractivity contribution in [1.82, 2.24) is 4.90 Å². The third kappa shape index (κ3) is 5.88. The summed E-state index contributed by atoms with van der Waals surface area (Å²) in [6, 6.07) is 21.0. The molecule has 1 amide bonds. The highest BCUT2D eigenvalue weighted by atomic mass is 32.2. The molecule has 3 aromatic rings. The van der Waals surface area contributed by atoms with Gasteiger partial charge in [-0.25, -0.2) is 4.99 Å². The number of likely N-dealkylation sites (N-methyl/N-ethyl adjacent to an activating group) is 1. The Morgan fingerprint density at radius 2 is 1.77 bits per heavy atom. The zero-order valence-corrected chi connectivity index (χ0v) is 20.0. The zero-order chi connectivity index (χ0) is 24.8. The SMILES string of the molecule is CCN1C(=O)/C(=C\c2ccc(OCc3cccc([N+](=O)[O-])c3)cc2)SC1=Nc1ccc(OC)cc1. The minimum Gasteiger partial charge on any atom is -0.497 e. The van der Waals surface area contributed by atoms with Crippen molar-refractivity contribution in [2.75, 3.05) is 13.7 Å². The standard InChI is InChI=1S/C26H23N3O5S/c1-3-28-25(30)24(35-26(28)27-20-9-13-22(33-2)14-10-20)16-18-7-11-23(12-8-18)34-17-19-5-4-6-21(15-19)29(31)32/h4-16H,3,17H2,1-2H3/b24-16+,27-26?. The third-order valence-corrected chi connectivity index (χ3v) is 6.21. The molecule has 0 saturated carbocycles. The first kappa shape index (κ1) is 24.0. The molecule has 4 rings (SSSR count). The number of rotatable bonds is 8. The van der Waals surface area contributed by atoms with Gasteiger partial charge in [0.1, 0.15) is 18.1 Å². The van der Waals surface area contributed by atoms with Gasteiger partial charge in [-0.3, -0.25) is 19.8 Å². The molecule has 1 aliphatic heterocycles. The molecule has 0 atom stereocenters.